The number of carbonyl (C=O) groups excluding carboxylic acids is 2. The number of ether oxygens (including phenoxy) is 1. The lowest BCUT2D eigenvalue weighted by Gasteiger charge is -2.46. The van der Waals surface area contributed by atoms with Gasteiger partial charge in [0.15, 0.2) is 0 Å². The van der Waals surface area contributed by atoms with E-state index in [1.165, 1.54) is 12.1 Å². The van der Waals surface area contributed by atoms with E-state index in [2.05, 4.69) is 0 Å². The van der Waals surface area contributed by atoms with Crippen LogP contribution < -0.4 is 10.6 Å². The van der Waals surface area contributed by atoms with Gasteiger partial charge in [-0.1, -0.05) is 0 Å². The molecule has 6 nitrogen and oxygen atoms in total. The molecule has 2 N–H and O–H groups in total. The monoisotopic (exact) mass is 399 g/mol. The van der Waals surface area contributed by atoms with Crippen LogP contribution in [0, 0.1) is 0 Å². The summed E-state index contributed by atoms with van der Waals surface area (Å²) in [6.07, 6.45) is -4.90. The van der Waals surface area contributed by atoms with E-state index in [9.17, 15) is 22.8 Å². The molecule has 28 heavy (non-hydrogen) atoms. The SMILES string of the molecule is CC1CN(c2ccc(C(F)(F)F)cc2)CC(C)N1C(=O)[C@@H]1CC[C@H](C(N)=O)O1. The number of benzene rings is 1. The molecule has 2 aliphatic rings. The molecule has 2 heterocycles. The minimum absolute atomic E-state index is 0.158. The number of rotatable bonds is 3. The number of anilines is 1. The van der Waals surface area contributed by atoms with Crippen molar-refractivity contribution < 1.29 is 27.5 Å². The third kappa shape index (κ3) is 4.09. The van der Waals surface area contributed by atoms with Crippen LogP contribution in [-0.2, 0) is 20.5 Å². The van der Waals surface area contributed by atoms with E-state index in [4.69, 9.17) is 10.5 Å². The van der Waals surface area contributed by atoms with Crippen molar-refractivity contribution in [1.29, 1.82) is 0 Å². The number of piperazine rings is 1. The summed E-state index contributed by atoms with van der Waals surface area (Å²) in [5.74, 6) is -0.737. The van der Waals surface area contributed by atoms with Crippen molar-refractivity contribution >= 4 is 17.5 Å². The van der Waals surface area contributed by atoms with E-state index in [0.29, 0.717) is 31.6 Å². The number of primary amides is 1. The van der Waals surface area contributed by atoms with Crippen molar-refractivity contribution in [2.75, 3.05) is 18.0 Å². The molecule has 0 spiro atoms. The van der Waals surface area contributed by atoms with Gasteiger partial charge < -0.3 is 20.3 Å². The zero-order chi connectivity index (χ0) is 20.6. The van der Waals surface area contributed by atoms with E-state index < -0.39 is 29.9 Å². The van der Waals surface area contributed by atoms with Crippen molar-refractivity contribution in [3.63, 3.8) is 0 Å². The molecule has 1 aromatic carbocycles. The standard InChI is InChI=1S/C19H24F3N3O3/c1-11-9-24(14-5-3-13(4-6-14)19(20,21)22)10-12(2)25(11)18(27)16-8-7-15(28-16)17(23)26/h3-6,11-12,15-16H,7-10H2,1-2H3,(H2,23,26)/t11?,12?,15-,16+/m1/s1. The topological polar surface area (TPSA) is 75.9 Å². The molecular weight excluding hydrogens is 375 g/mol. The van der Waals surface area contributed by atoms with Crippen LogP contribution in [0.2, 0.25) is 0 Å². The summed E-state index contributed by atoms with van der Waals surface area (Å²) in [5.41, 5.74) is 5.25. The Balaban J connectivity index is 1.67. The van der Waals surface area contributed by atoms with E-state index >= 15 is 0 Å². The maximum absolute atomic E-state index is 12.9. The summed E-state index contributed by atoms with van der Waals surface area (Å²) >= 11 is 0. The van der Waals surface area contributed by atoms with Gasteiger partial charge in [-0.15, -0.1) is 0 Å². The molecule has 0 aliphatic carbocycles. The molecular formula is C19H24F3N3O3. The third-order valence-electron chi connectivity index (χ3n) is 5.35. The molecule has 2 fully saturated rings. The Hall–Kier alpha value is -2.29. The second kappa shape index (κ2) is 7.62. The van der Waals surface area contributed by atoms with E-state index in [1.54, 1.807) is 4.90 Å². The van der Waals surface area contributed by atoms with Crippen LogP contribution in [0.25, 0.3) is 0 Å². The van der Waals surface area contributed by atoms with Gasteiger partial charge in [0, 0.05) is 30.9 Å². The lowest BCUT2D eigenvalue weighted by atomic mass is 10.0. The van der Waals surface area contributed by atoms with E-state index in [1.807, 2.05) is 18.7 Å². The third-order valence-corrected chi connectivity index (χ3v) is 5.35. The van der Waals surface area contributed by atoms with Crippen LogP contribution in [0.15, 0.2) is 24.3 Å². The van der Waals surface area contributed by atoms with Gasteiger partial charge in [0.05, 0.1) is 5.56 Å². The molecule has 4 atom stereocenters. The van der Waals surface area contributed by atoms with Gasteiger partial charge in [0.1, 0.15) is 12.2 Å². The molecule has 1 aromatic rings. The first-order valence-electron chi connectivity index (χ1n) is 9.27. The Morgan fingerprint density at radius 3 is 2.04 bits per heavy atom. The Kier molecular flexibility index (Phi) is 5.56. The summed E-state index contributed by atoms with van der Waals surface area (Å²) in [5, 5.41) is 0. The minimum atomic E-state index is -4.37. The summed E-state index contributed by atoms with van der Waals surface area (Å²) in [7, 11) is 0. The smallest absolute Gasteiger partial charge is 0.367 e. The van der Waals surface area contributed by atoms with Crippen LogP contribution in [0.3, 0.4) is 0 Å². The van der Waals surface area contributed by atoms with E-state index in [0.717, 1.165) is 12.1 Å². The van der Waals surface area contributed by atoms with E-state index in [-0.39, 0.29) is 18.0 Å². The number of hydrogen-bond donors (Lipinski definition) is 1. The van der Waals surface area contributed by atoms with Crippen LogP contribution in [-0.4, -0.2) is 54.1 Å². The fourth-order valence-electron chi connectivity index (χ4n) is 4.02. The molecule has 154 valence electrons. The number of amides is 2. The number of nitrogens with two attached hydrogens (primary N) is 1. The quantitative estimate of drug-likeness (QED) is 0.845. The van der Waals surface area contributed by atoms with Crippen molar-refractivity contribution in [2.24, 2.45) is 5.73 Å². The predicted octanol–water partition coefficient (Wildman–Crippen LogP) is 2.16. The second-order valence-electron chi connectivity index (χ2n) is 7.49. The molecule has 2 aliphatic heterocycles. The van der Waals surface area contributed by atoms with Gasteiger partial charge in [-0.3, -0.25) is 9.59 Å². The molecule has 0 bridgehead atoms. The highest BCUT2D eigenvalue weighted by Gasteiger charge is 2.41. The van der Waals surface area contributed by atoms with Gasteiger partial charge in [-0.05, 0) is 51.0 Å². The first kappa shape index (κ1) is 20.4. The lowest BCUT2D eigenvalue weighted by molar-refractivity contribution is -0.150. The van der Waals surface area contributed by atoms with Crippen LogP contribution in [0.1, 0.15) is 32.3 Å². The van der Waals surface area contributed by atoms with Crippen molar-refractivity contribution in [3.05, 3.63) is 29.8 Å². The minimum Gasteiger partial charge on any atom is -0.367 e. The largest absolute Gasteiger partial charge is 0.416 e. The summed E-state index contributed by atoms with van der Waals surface area (Å²) in [6, 6.07) is 4.73. The van der Waals surface area contributed by atoms with Gasteiger partial charge >= 0.3 is 6.18 Å². The lowest BCUT2D eigenvalue weighted by Crippen LogP contribution is -2.60. The van der Waals surface area contributed by atoms with Gasteiger partial charge in [-0.25, -0.2) is 0 Å². The highest BCUT2D eigenvalue weighted by Crippen LogP contribution is 2.32. The molecule has 0 saturated carbocycles. The zero-order valence-electron chi connectivity index (χ0n) is 15.8. The average molecular weight is 399 g/mol. The molecule has 0 aromatic heterocycles. The Morgan fingerprint density at radius 2 is 1.57 bits per heavy atom. The van der Waals surface area contributed by atoms with Crippen molar-refractivity contribution in [1.82, 2.24) is 4.90 Å². The number of carbonyl (C=O) groups is 2. The first-order valence-corrected chi connectivity index (χ1v) is 9.27. The van der Waals surface area contributed by atoms with Crippen LogP contribution >= 0.6 is 0 Å². The predicted molar refractivity (Wildman–Crippen MR) is 96.5 cm³/mol. The summed E-state index contributed by atoms with van der Waals surface area (Å²) < 4.78 is 43.8. The Morgan fingerprint density at radius 1 is 1.04 bits per heavy atom. The summed E-state index contributed by atoms with van der Waals surface area (Å²) in [4.78, 5) is 27.9. The van der Waals surface area contributed by atoms with Crippen molar-refractivity contribution in [3.8, 4) is 0 Å². The number of halogens is 3. The molecule has 2 saturated heterocycles. The normalized spacial score (nSPS) is 28.5. The molecule has 2 amide bonds. The maximum atomic E-state index is 12.9. The van der Waals surface area contributed by atoms with Gasteiger partial charge in [0.2, 0.25) is 5.91 Å². The molecule has 0 radical (unpaired) electrons. The van der Waals surface area contributed by atoms with Crippen molar-refractivity contribution in [2.45, 2.75) is 57.2 Å². The fourth-order valence-corrected chi connectivity index (χ4v) is 4.02. The van der Waals surface area contributed by atoms with Gasteiger partial charge in [-0.2, -0.15) is 13.2 Å². The fraction of sp³-hybridized carbons (Fsp3) is 0.579. The Bertz CT molecular complexity index is 726. The number of nitrogens with zero attached hydrogens (tertiary/aromatic N) is 2. The molecule has 2 unspecified atom stereocenters. The maximum Gasteiger partial charge on any atom is 0.416 e. The van der Waals surface area contributed by atoms with Gasteiger partial charge in [0.25, 0.3) is 5.91 Å². The molecule has 3 rings (SSSR count). The highest BCUT2D eigenvalue weighted by atomic mass is 19.4. The number of alkyl halides is 3. The summed E-state index contributed by atoms with van der Waals surface area (Å²) in [6.45, 7) is 4.77. The second-order valence-corrected chi connectivity index (χ2v) is 7.49. The highest BCUT2D eigenvalue weighted by molar-refractivity contribution is 5.84. The van der Waals surface area contributed by atoms with Crippen LogP contribution in [0.4, 0.5) is 18.9 Å². The van der Waals surface area contributed by atoms with Crippen LogP contribution in [0.5, 0.6) is 0 Å². The Labute approximate surface area is 161 Å². The number of hydrogen-bond acceptors (Lipinski definition) is 4. The average Bonchev–Trinajstić information content (AvgIpc) is 3.11. The first-order chi connectivity index (χ1) is 13.1. The molecule has 9 heteroatoms. The zero-order valence-corrected chi connectivity index (χ0v) is 15.8.